The third-order valence-corrected chi connectivity index (χ3v) is 3.71. The van der Waals surface area contributed by atoms with Crippen molar-refractivity contribution >= 4 is 17.6 Å². The minimum absolute atomic E-state index is 0.0432. The first kappa shape index (κ1) is 13.6. The van der Waals surface area contributed by atoms with Crippen molar-refractivity contribution in [2.75, 3.05) is 13.1 Å². The summed E-state index contributed by atoms with van der Waals surface area (Å²) >= 11 is 0. The van der Waals surface area contributed by atoms with Crippen LogP contribution in [0.4, 0.5) is 4.79 Å². The molecular weight excluding hydrogens is 268 g/mol. The van der Waals surface area contributed by atoms with Crippen LogP contribution in [0.25, 0.3) is 5.65 Å². The Morgan fingerprint density at radius 3 is 2.76 bits per heavy atom. The molecule has 1 aliphatic rings. The molecular formula is C15H18N4O2. The number of imide groups is 1. The van der Waals surface area contributed by atoms with Gasteiger partial charge in [0.25, 0.3) is 0 Å². The zero-order chi connectivity index (χ0) is 15.0. The van der Waals surface area contributed by atoms with Crippen molar-refractivity contribution in [1.29, 1.82) is 0 Å². The molecule has 0 saturated carbocycles. The highest BCUT2D eigenvalue weighted by atomic mass is 16.2. The highest BCUT2D eigenvalue weighted by Gasteiger charge is 2.36. The number of pyridine rings is 1. The number of amides is 3. The predicted octanol–water partition coefficient (Wildman–Crippen LogP) is 1.55. The predicted molar refractivity (Wildman–Crippen MR) is 77.8 cm³/mol. The first-order valence-electron chi connectivity index (χ1n) is 7.10. The minimum atomic E-state index is -0.196. The van der Waals surface area contributed by atoms with Crippen molar-refractivity contribution in [1.82, 2.24) is 19.2 Å². The minimum Gasteiger partial charge on any atom is -0.313 e. The van der Waals surface area contributed by atoms with Crippen LogP contribution in [0.1, 0.15) is 19.5 Å². The van der Waals surface area contributed by atoms with Crippen molar-refractivity contribution in [3.05, 3.63) is 36.3 Å². The number of urea groups is 1. The Kier molecular flexibility index (Phi) is 3.37. The molecule has 2 aromatic heterocycles. The van der Waals surface area contributed by atoms with Crippen LogP contribution >= 0.6 is 0 Å². The van der Waals surface area contributed by atoms with Gasteiger partial charge >= 0.3 is 6.03 Å². The van der Waals surface area contributed by atoms with E-state index >= 15 is 0 Å². The number of aromatic nitrogens is 2. The molecule has 0 aliphatic carbocycles. The molecule has 6 nitrogen and oxygen atoms in total. The molecule has 3 rings (SSSR count). The van der Waals surface area contributed by atoms with Crippen molar-refractivity contribution in [3.63, 3.8) is 0 Å². The fourth-order valence-corrected chi connectivity index (χ4v) is 2.52. The van der Waals surface area contributed by atoms with Gasteiger partial charge in [-0.1, -0.05) is 6.07 Å². The molecule has 6 heteroatoms. The lowest BCUT2D eigenvalue weighted by Crippen LogP contribution is -2.37. The van der Waals surface area contributed by atoms with E-state index in [2.05, 4.69) is 4.98 Å². The van der Waals surface area contributed by atoms with Gasteiger partial charge in [0.1, 0.15) is 12.2 Å². The lowest BCUT2D eigenvalue weighted by atomic mass is 10.3. The lowest BCUT2D eigenvalue weighted by molar-refractivity contribution is -0.125. The summed E-state index contributed by atoms with van der Waals surface area (Å²) in [6, 6.07) is 5.64. The zero-order valence-electron chi connectivity index (χ0n) is 12.2. The molecule has 3 heterocycles. The number of hydrogen-bond acceptors (Lipinski definition) is 3. The Bertz CT molecular complexity index is 659. The zero-order valence-corrected chi connectivity index (χ0v) is 12.2. The average Bonchev–Trinajstić information content (AvgIpc) is 2.98. The van der Waals surface area contributed by atoms with E-state index in [1.54, 1.807) is 4.90 Å². The molecule has 110 valence electrons. The Hall–Kier alpha value is -2.37. The van der Waals surface area contributed by atoms with Crippen LogP contribution in [-0.4, -0.2) is 50.3 Å². The van der Waals surface area contributed by atoms with Crippen LogP contribution in [0.3, 0.4) is 0 Å². The largest absolute Gasteiger partial charge is 0.327 e. The topological polar surface area (TPSA) is 57.9 Å². The van der Waals surface area contributed by atoms with Gasteiger partial charge in [-0.2, -0.15) is 0 Å². The van der Waals surface area contributed by atoms with Crippen LogP contribution in [0, 0.1) is 0 Å². The van der Waals surface area contributed by atoms with Crippen molar-refractivity contribution < 1.29 is 9.59 Å². The van der Waals surface area contributed by atoms with E-state index in [1.165, 1.54) is 4.90 Å². The van der Waals surface area contributed by atoms with Crippen molar-refractivity contribution in [3.8, 4) is 0 Å². The Morgan fingerprint density at radius 1 is 1.29 bits per heavy atom. The number of carbonyl (C=O) groups excluding carboxylic acids is 2. The van der Waals surface area contributed by atoms with Gasteiger partial charge in [0.05, 0.1) is 5.69 Å². The molecule has 0 radical (unpaired) electrons. The Labute approximate surface area is 123 Å². The van der Waals surface area contributed by atoms with Crippen LogP contribution in [0.15, 0.2) is 30.6 Å². The third kappa shape index (κ3) is 2.49. The smallest absolute Gasteiger partial charge is 0.313 e. The van der Waals surface area contributed by atoms with Crippen LogP contribution < -0.4 is 0 Å². The molecule has 2 aromatic rings. The second kappa shape index (κ2) is 5.20. The average molecular weight is 286 g/mol. The van der Waals surface area contributed by atoms with Gasteiger partial charge in [0.15, 0.2) is 0 Å². The van der Waals surface area contributed by atoms with Gasteiger partial charge in [0.2, 0.25) is 5.91 Å². The number of hydrogen-bond donors (Lipinski definition) is 0. The molecule has 1 saturated heterocycles. The first-order chi connectivity index (χ1) is 10.1. The summed E-state index contributed by atoms with van der Waals surface area (Å²) in [5, 5.41) is 0. The Balaban J connectivity index is 1.70. The second-order valence-corrected chi connectivity index (χ2v) is 5.50. The maximum Gasteiger partial charge on any atom is 0.327 e. The van der Waals surface area contributed by atoms with Crippen LogP contribution in [-0.2, 0) is 11.2 Å². The summed E-state index contributed by atoms with van der Waals surface area (Å²) in [4.78, 5) is 31.5. The molecule has 0 bridgehead atoms. The van der Waals surface area contributed by atoms with Gasteiger partial charge in [-0.15, -0.1) is 0 Å². The molecule has 0 N–H and O–H groups in total. The molecule has 1 aliphatic heterocycles. The summed E-state index contributed by atoms with van der Waals surface area (Å²) < 4.78 is 1.93. The molecule has 0 aromatic carbocycles. The van der Waals surface area contributed by atoms with Gasteiger partial charge in [-0.3, -0.25) is 9.69 Å². The SMILES string of the molecule is CC(C)N1CC(=O)N(CCc2cn3ccccc3n2)C1=O. The highest BCUT2D eigenvalue weighted by molar-refractivity contribution is 6.02. The van der Waals surface area contributed by atoms with Crippen LogP contribution in [0.2, 0.25) is 0 Å². The summed E-state index contributed by atoms with van der Waals surface area (Å²) in [5.41, 5.74) is 1.75. The molecule has 21 heavy (non-hydrogen) atoms. The summed E-state index contributed by atoms with van der Waals surface area (Å²) in [5.74, 6) is -0.127. The van der Waals surface area contributed by atoms with E-state index in [0.717, 1.165) is 11.3 Å². The molecule has 1 fully saturated rings. The van der Waals surface area contributed by atoms with Gasteiger partial charge in [0, 0.05) is 31.4 Å². The van der Waals surface area contributed by atoms with E-state index in [4.69, 9.17) is 0 Å². The normalized spacial score (nSPS) is 15.8. The van der Waals surface area contributed by atoms with Gasteiger partial charge in [-0.25, -0.2) is 9.78 Å². The van der Waals surface area contributed by atoms with Gasteiger partial charge < -0.3 is 9.30 Å². The third-order valence-electron chi connectivity index (χ3n) is 3.71. The van der Waals surface area contributed by atoms with E-state index in [-0.39, 0.29) is 24.5 Å². The highest BCUT2D eigenvalue weighted by Crippen LogP contribution is 2.14. The van der Waals surface area contributed by atoms with E-state index in [0.29, 0.717) is 13.0 Å². The van der Waals surface area contributed by atoms with Crippen molar-refractivity contribution in [2.45, 2.75) is 26.3 Å². The quantitative estimate of drug-likeness (QED) is 0.801. The van der Waals surface area contributed by atoms with Crippen LogP contribution in [0.5, 0.6) is 0 Å². The summed E-state index contributed by atoms with van der Waals surface area (Å²) in [6.07, 6.45) is 4.43. The van der Waals surface area contributed by atoms with E-state index in [9.17, 15) is 9.59 Å². The number of imidazole rings is 1. The molecule has 3 amide bonds. The first-order valence-corrected chi connectivity index (χ1v) is 7.10. The maximum atomic E-state index is 12.2. The standard InChI is InChI=1S/C15H18N4O2/c1-11(2)19-10-14(20)18(15(19)21)8-6-12-9-17-7-4-3-5-13(17)16-12/h3-5,7,9,11H,6,8,10H2,1-2H3. The maximum absolute atomic E-state index is 12.2. The molecule has 0 atom stereocenters. The van der Waals surface area contributed by atoms with Crippen molar-refractivity contribution in [2.24, 2.45) is 0 Å². The Morgan fingerprint density at radius 2 is 2.10 bits per heavy atom. The fourth-order valence-electron chi connectivity index (χ4n) is 2.52. The molecule has 0 unspecified atom stereocenters. The fraction of sp³-hybridized carbons (Fsp3) is 0.400. The monoisotopic (exact) mass is 286 g/mol. The second-order valence-electron chi connectivity index (χ2n) is 5.50. The number of rotatable bonds is 4. The summed E-state index contributed by atoms with van der Waals surface area (Å²) in [7, 11) is 0. The molecule has 0 spiro atoms. The van der Waals surface area contributed by atoms with Gasteiger partial charge in [-0.05, 0) is 26.0 Å². The summed E-state index contributed by atoms with van der Waals surface area (Å²) in [6.45, 7) is 4.39. The number of carbonyl (C=O) groups is 2. The van der Waals surface area contributed by atoms with E-state index in [1.807, 2.05) is 48.8 Å². The lowest BCUT2D eigenvalue weighted by Gasteiger charge is -2.20. The van der Waals surface area contributed by atoms with E-state index < -0.39 is 0 Å². The number of nitrogens with zero attached hydrogens (tertiary/aromatic N) is 4. The number of fused-ring (bicyclic) bond motifs is 1.